The molecule has 4 nitrogen and oxygen atoms in total. The van der Waals surface area contributed by atoms with Crippen LogP contribution in [0, 0.1) is 12.7 Å². The maximum Gasteiger partial charge on any atom is 0.252 e. The van der Waals surface area contributed by atoms with E-state index in [0.717, 1.165) is 0 Å². The molecule has 1 unspecified atom stereocenters. The fourth-order valence-electron chi connectivity index (χ4n) is 1.67. The highest BCUT2D eigenvalue weighted by molar-refractivity contribution is 5.94. The van der Waals surface area contributed by atoms with E-state index in [9.17, 15) is 14.3 Å². The summed E-state index contributed by atoms with van der Waals surface area (Å²) in [6, 6.07) is 6.90. The van der Waals surface area contributed by atoms with Gasteiger partial charge in [0.05, 0.1) is 12.9 Å². The minimum Gasteiger partial charge on any atom is -0.467 e. The molecular weight excluding hydrogens is 249 g/mol. The van der Waals surface area contributed by atoms with E-state index in [2.05, 4.69) is 5.32 Å². The highest BCUT2D eigenvalue weighted by Crippen LogP contribution is 2.15. The molecule has 0 saturated heterocycles. The Hall–Kier alpha value is -2.14. The molecule has 0 spiro atoms. The van der Waals surface area contributed by atoms with Crippen LogP contribution in [0.1, 0.15) is 27.7 Å². The molecule has 2 N–H and O–H groups in total. The van der Waals surface area contributed by atoms with Crippen LogP contribution in [-0.2, 0) is 0 Å². The Bertz CT molecular complexity index is 566. The van der Waals surface area contributed by atoms with Crippen molar-refractivity contribution < 1.29 is 18.7 Å². The molecule has 1 heterocycles. The molecule has 0 saturated carbocycles. The number of carbonyl (C=O) groups excluding carboxylic acids is 1. The molecular formula is C14H14FNO3. The molecule has 0 aliphatic rings. The van der Waals surface area contributed by atoms with E-state index in [0.29, 0.717) is 11.3 Å². The number of aliphatic hydroxyl groups is 1. The molecule has 1 aromatic heterocycles. The lowest BCUT2D eigenvalue weighted by molar-refractivity contribution is 0.0907. The Balaban J connectivity index is 2.13. The number of nitrogens with one attached hydrogen (secondary N) is 1. The Morgan fingerprint density at radius 3 is 2.84 bits per heavy atom. The molecule has 100 valence electrons. The third-order valence-corrected chi connectivity index (χ3v) is 2.81. The van der Waals surface area contributed by atoms with E-state index in [1.54, 1.807) is 19.1 Å². The van der Waals surface area contributed by atoms with Gasteiger partial charge in [-0.3, -0.25) is 4.79 Å². The van der Waals surface area contributed by atoms with Gasteiger partial charge in [0.25, 0.3) is 5.91 Å². The van der Waals surface area contributed by atoms with E-state index in [1.807, 2.05) is 0 Å². The first-order valence-electron chi connectivity index (χ1n) is 5.83. The van der Waals surface area contributed by atoms with Crippen molar-refractivity contribution in [1.29, 1.82) is 0 Å². The fourth-order valence-corrected chi connectivity index (χ4v) is 1.67. The summed E-state index contributed by atoms with van der Waals surface area (Å²) in [5.74, 6) is -0.455. The normalized spacial score (nSPS) is 12.2. The number of hydrogen-bond acceptors (Lipinski definition) is 3. The van der Waals surface area contributed by atoms with E-state index >= 15 is 0 Å². The fraction of sp³-hybridized carbons (Fsp3) is 0.214. The average Bonchev–Trinajstić information content (AvgIpc) is 2.92. The van der Waals surface area contributed by atoms with Crippen LogP contribution in [0.4, 0.5) is 4.39 Å². The van der Waals surface area contributed by atoms with Gasteiger partial charge in [-0.15, -0.1) is 0 Å². The molecule has 0 radical (unpaired) electrons. The van der Waals surface area contributed by atoms with Crippen molar-refractivity contribution in [3.63, 3.8) is 0 Å². The number of halogens is 1. The summed E-state index contributed by atoms with van der Waals surface area (Å²) in [4.78, 5) is 11.9. The van der Waals surface area contributed by atoms with E-state index in [-0.39, 0.29) is 12.2 Å². The van der Waals surface area contributed by atoms with Crippen LogP contribution < -0.4 is 5.32 Å². The summed E-state index contributed by atoms with van der Waals surface area (Å²) in [5, 5.41) is 11.8. The zero-order valence-electron chi connectivity index (χ0n) is 10.4. The third-order valence-electron chi connectivity index (χ3n) is 2.81. The van der Waals surface area contributed by atoms with Crippen molar-refractivity contribution in [1.82, 2.24) is 5.32 Å². The second-order valence-electron chi connectivity index (χ2n) is 4.19. The molecule has 0 aliphatic carbocycles. The Labute approximate surface area is 109 Å². The summed E-state index contributed by atoms with van der Waals surface area (Å²) in [6.45, 7) is 1.32. The monoisotopic (exact) mass is 263 g/mol. The van der Waals surface area contributed by atoms with E-state index in [4.69, 9.17) is 4.42 Å². The predicted octanol–water partition coefficient (Wildman–Crippen LogP) is 2.19. The first-order valence-corrected chi connectivity index (χ1v) is 5.83. The molecule has 0 fully saturated rings. The van der Waals surface area contributed by atoms with Crippen LogP contribution in [0.3, 0.4) is 0 Å². The van der Waals surface area contributed by atoms with Gasteiger partial charge in [0.1, 0.15) is 17.6 Å². The maximum atomic E-state index is 13.4. The quantitative estimate of drug-likeness (QED) is 0.888. The summed E-state index contributed by atoms with van der Waals surface area (Å²) >= 11 is 0. The number of hydrogen-bond donors (Lipinski definition) is 2. The van der Waals surface area contributed by atoms with Crippen LogP contribution in [-0.4, -0.2) is 17.6 Å². The van der Waals surface area contributed by atoms with Gasteiger partial charge in [0.15, 0.2) is 0 Å². The van der Waals surface area contributed by atoms with Crippen molar-refractivity contribution >= 4 is 5.91 Å². The SMILES string of the molecule is Cc1ccc(C(=O)NC(CO)c2ccco2)cc1F. The van der Waals surface area contributed by atoms with Gasteiger partial charge in [-0.2, -0.15) is 0 Å². The molecule has 0 bridgehead atoms. The van der Waals surface area contributed by atoms with Crippen LogP contribution in [0.25, 0.3) is 0 Å². The lowest BCUT2D eigenvalue weighted by Crippen LogP contribution is -2.30. The van der Waals surface area contributed by atoms with E-state index in [1.165, 1.54) is 24.5 Å². The molecule has 5 heteroatoms. The number of carbonyl (C=O) groups is 1. The number of benzene rings is 1. The predicted molar refractivity (Wildman–Crippen MR) is 67.1 cm³/mol. The lowest BCUT2D eigenvalue weighted by atomic mass is 10.1. The first-order chi connectivity index (χ1) is 9.11. The lowest BCUT2D eigenvalue weighted by Gasteiger charge is -2.14. The van der Waals surface area contributed by atoms with Crippen molar-refractivity contribution in [2.75, 3.05) is 6.61 Å². The van der Waals surface area contributed by atoms with Crippen LogP contribution >= 0.6 is 0 Å². The summed E-state index contributed by atoms with van der Waals surface area (Å²) < 4.78 is 18.5. The molecule has 1 aromatic carbocycles. The molecule has 2 aromatic rings. The highest BCUT2D eigenvalue weighted by Gasteiger charge is 2.17. The van der Waals surface area contributed by atoms with Gasteiger partial charge in [0, 0.05) is 5.56 Å². The Kier molecular flexibility index (Phi) is 3.97. The summed E-state index contributed by atoms with van der Waals surface area (Å²) in [5.41, 5.74) is 0.675. The van der Waals surface area contributed by atoms with Gasteiger partial charge in [-0.1, -0.05) is 6.07 Å². The second-order valence-corrected chi connectivity index (χ2v) is 4.19. The van der Waals surface area contributed by atoms with Crippen LogP contribution in [0.5, 0.6) is 0 Å². The third kappa shape index (κ3) is 3.00. The van der Waals surface area contributed by atoms with Crippen LogP contribution in [0.15, 0.2) is 41.0 Å². The standard InChI is InChI=1S/C14H14FNO3/c1-9-4-5-10(7-11(9)15)14(18)16-12(8-17)13-3-2-6-19-13/h2-7,12,17H,8H2,1H3,(H,16,18). The molecule has 19 heavy (non-hydrogen) atoms. The van der Waals surface area contributed by atoms with Gasteiger partial charge < -0.3 is 14.8 Å². The number of aryl methyl sites for hydroxylation is 1. The summed E-state index contributed by atoms with van der Waals surface area (Å²) in [7, 11) is 0. The Morgan fingerprint density at radius 2 is 2.26 bits per heavy atom. The zero-order chi connectivity index (χ0) is 13.8. The van der Waals surface area contributed by atoms with Crippen LogP contribution in [0.2, 0.25) is 0 Å². The van der Waals surface area contributed by atoms with Crippen molar-refractivity contribution in [3.8, 4) is 0 Å². The first kappa shape index (κ1) is 13.3. The minimum absolute atomic E-state index is 0.202. The molecule has 0 aliphatic heterocycles. The number of rotatable bonds is 4. The maximum absolute atomic E-state index is 13.4. The smallest absolute Gasteiger partial charge is 0.252 e. The largest absolute Gasteiger partial charge is 0.467 e. The van der Waals surface area contributed by atoms with Gasteiger partial charge in [0.2, 0.25) is 0 Å². The number of amides is 1. The van der Waals surface area contributed by atoms with Crippen molar-refractivity contribution in [2.24, 2.45) is 0 Å². The molecule has 2 rings (SSSR count). The second kappa shape index (κ2) is 5.67. The minimum atomic E-state index is -0.646. The zero-order valence-corrected chi connectivity index (χ0v) is 10.4. The average molecular weight is 263 g/mol. The van der Waals surface area contributed by atoms with Gasteiger partial charge in [-0.25, -0.2) is 4.39 Å². The van der Waals surface area contributed by atoms with Gasteiger partial charge in [-0.05, 0) is 36.8 Å². The molecule has 1 amide bonds. The van der Waals surface area contributed by atoms with Gasteiger partial charge >= 0.3 is 0 Å². The highest BCUT2D eigenvalue weighted by atomic mass is 19.1. The van der Waals surface area contributed by atoms with Crippen molar-refractivity contribution in [2.45, 2.75) is 13.0 Å². The molecule has 1 atom stereocenters. The summed E-state index contributed by atoms with van der Waals surface area (Å²) in [6.07, 6.45) is 1.45. The topological polar surface area (TPSA) is 62.5 Å². The van der Waals surface area contributed by atoms with E-state index < -0.39 is 17.8 Å². The Morgan fingerprint density at radius 1 is 1.47 bits per heavy atom. The number of furan rings is 1. The number of aliphatic hydroxyl groups excluding tert-OH is 1. The van der Waals surface area contributed by atoms with Crippen molar-refractivity contribution in [3.05, 3.63) is 59.3 Å².